The number of imidazole rings is 1. The molecule has 0 aliphatic rings. The van der Waals surface area contributed by atoms with Crippen LogP contribution in [0.1, 0.15) is 6.92 Å². The fourth-order valence-electron chi connectivity index (χ4n) is 3.94. The number of ether oxygens (including phenoxy) is 1. The fraction of sp³-hybridized carbons (Fsp3) is 0.115. The highest BCUT2D eigenvalue weighted by molar-refractivity contribution is 5.91. The van der Waals surface area contributed by atoms with Crippen molar-refractivity contribution in [3.63, 3.8) is 0 Å². The Labute approximate surface area is 191 Å². The Balaban J connectivity index is 1.60. The topological polar surface area (TPSA) is 74.0 Å². The molecular formula is C26H23N5O2. The third-order valence-corrected chi connectivity index (χ3v) is 5.53. The van der Waals surface area contributed by atoms with E-state index in [9.17, 15) is 4.79 Å². The van der Waals surface area contributed by atoms with Crippen LogP contribution in [-0.2, 0) is 11.8 Å². The van der Waals surface area contributed by atoms with Crippen molar-refractivity contribution in [1.82, 2.24) is 19.3 Å². The summed E-state index contributed by atoms with van der Waals surface area (Å²) in [5.41, 5.74) is 7.59. The highest BCUT2D eigenvalue weighted by Gasteiger charge is 2.11. The maximum absolute atomic E-state index is 11.8. The van der Waals surface area contributed by atoms with Crippen LogP contribution < -0.4 is 10.1 Å². The Bertz CT molecular complexity index is 1460. The molecule has 0 saturated heterocycles. The molecular weight excluding hydrogens is 414 g/mol. The van der Waals surface area contributed by atoms with Gasteiger partial charge in [-0.3, -0.25) is 14.0 Å². The van der Waals surface area contributed by atoms with Gasteiger partial charge in [0.1, 0.15) is 12.1 Å². The Morgan fingerprint density at radius 2 is 1.73 bits per heavy atom. The maximum atomic E-state index is 11.8. The lowest BCUT2D eigenvalue weighted by Crippen LogP contribution is -2.06. The summed E-state index contributed by atoms with van der Waals surface area (Å²) in [4.78, 5) is 16.4. The molecule has 0 saturated carbocycles. The molecule has 7 heteroatoms. The molecule has 0 aliphatic heterocycles. The molecule has 5 aromatic rings. The van der Waals surface area contributed by atoms with E-state index >= 15 is 0 Å². The van der Waals surface area contributed by atoms with Crippen molar-refractivity contribution >= 4 is 22.6 Å². The van der Waals surface area contributed by atoms with Crippen molar-refractivity contribution in [3.8, 4) is 33.7 Å². The van der Waals surface area contributed by atoms with E-state index < -0.39 is 0 Å². The second kappa shape index (κ2) is 8.27. The molecule has 1 amide bonds. The van der Waals surface area contributed by atoms with E-state index in [1.807, 2.05) is 66.7 Å². The zero-order valence-corrected chi connectivity index (χ0v) is 18.6. The van der Waals surface area contributed by atoms with Crippen LogP contribution in [0.4, 0.5) is 5.69 Å². The summed E-state index contributed by atoms with van der Waals surface area (Å²) in [5, 5.41) is 7.17. The van der Waals surface area contributed by atoms with Crippen LogP contribution in [-0.4, -0.2) is 32.3 Å². The van der Waals surface area contributed by atoms with Crippen LogP contribution in [0.3, 0.4) is 0 Å². The van der Waals surface area contributed by atoms with Gasteiger partial charge in [-0.25, -0.2) is 4.98 Å². The molecule has 0 unspecified atom stereocenters. The van der Waals surface area contributed by atoms with Crippen molar-refractivity contribution in [2.24, 2.45) is 7.05 Å². The minimum absolute atomic E-state index is 0.121. The number of amides is 1. The van der Waals surface area contributed by atoms with Gasteiger partial charge in [-0.05, 0) is 59.2 Å². The number of carbonyl (C=O) groups is 1. The predicted molar refractivity (Wildman–Crippen MR) is 130 cm³/mol. The average molecular weight is 438 g/mol. The van der Waals surface area contributed by atoms with Crippen molar-refractivity contribution in [2.45, 2.75) is 6.92 Å². The quantitative estimate of drug-likeness (QED) is 0.417. The van der Waals surface area contributed by atoms with Gasteiger partial charge in [-0.15, -0.1) is 0 Å². The third-order valence-electron chi connectivity index (χ3n) is 5.53. The number of carbonyl (C=O) groups excluding carboxylic acids is 1. The molecule has 3 aromatic carbocycles. The lowest BCUT2D eigenvalue weighted by atomic mass is 10.0. The average Bonchev–Trinajstić information content (AvgIpc) is 3.44. The zero-order chi connectivity index (χ0) is 22.9. The van der Waals surface area contributed by atoms with Gasteiger partial charge in [-0.1, -0.05) is 18.2 Å². The largest absolute Gasteiger partial charge is 0.497 e. The Hall–Kier alpha value is -4.39. The second-order valence-corrected chi connectivity index (χ2v) is 7.90. The Morgan fingerprint density at radius 1 is 0.939 bits per heavy atom. The summed E-state index contributed by atoms with van der Waals surface area (Å²) in [6, 6.07) is 20.0. The van der Waals surface area contributed by atoms with Gasteiger partial charge in [0.25, 0.3) is 0 Å². The first-order valence-corrected chi connectivity index (χ1v) is 10.5. The van der Waals surface area contributed by atoms with Gasteiger partial charge in [0, 0.05) is 37.1 Å². The van der Waals surface area contributed by atoms with Crippen LogP contribution in [0.5, 0.6) is 5.75 Å². The van der Waals surface area contributed by atoms with Crippen LogP contribution >= 0.6 is 0 Å². The standard InChI is InChI=1S/C26H23N5O2/c1-17(32)29-22-10-20(18-4-7-24(33-3)8-5-18)11-23(13-22)31-16-27-25-12-19(6-9-26(25)31)21-14-28-30(2)15-21/h4-16H,1-3H3,(H,29,32). The van der Waals surface area contributed by atoms with E-state index in [4.69, 9.17) is 4.74 Å². The lowest BCUT2D eigenvalue weighted by molar-refractivity contribution is -0.114. The van der Waals surface area contributed by atoms with E-state index in [0.29, 0.717) is 0 Å². The summed E-state index contributed by atoms with van der Waals surface area (Å²) in [6.07, 6.45) is 5.63. The van der Waals surface area contributed by atoms with Crippen LogP contribution in [0.15, 0.2) is 79.4 Å². The summed E-state index contributed by atoms with van der Waals surface area (Å²) >= 11 is 0. The monoisotopic (exact) mass is 437 g/mol. The van der Waals surface area contributed by atoms with E-state index in [0.717, 1.165) is 50.4 Å². The highest BCUT2D eigenvalue weighted by Crippen LogP contribution is 2.31. The molecule has 33 heavy (non-hydrogen) atoms. The van der Waals surface area contributed by atoms with E-state index in [1.165, 1.54) is 6.92 Å². The van der Waals surface area contributed by atoms with Gasteiger partial charge in [0.2, 0.25) is 5.91 Å². The molecule has 7 nitrogen and oxygen atoms in total. The molecule has 0 bridgehead atoms. The summed E-state index contributed by atoms with van der Waals surface area (Å²) in [5.74, 6) is 0.673. The van der Waals surface area contributed by atoms with E-state index in [-0.39, 0.29) is 5.91 Å². The molecule has 2 aromatic heterocycles. The minimum Gasteiger partial charge on any atom is -0.497 e. The highest BCUT2D eigenvalue weighted by atomic mass is 16.5. The first kappa shape index (κ1) is 20.5. The van der Waals surface area contributed by atoms with Crippen molar-refractivity contribution in [1.29, 1.82) is 0 Å². The third kappa shape index (κ3) is 4.08. The number of aryl methyl sites for hydroxylation is 1. The van der Waals surface area contributed by atoms with Crippen LogP contribution in [0.25, 0.3) is 39.0 Å². The van der Waals surface area contributed by atoms with Gasteiger partial charge in [0.15, 0.2) is 0 Å². The number of fused-ring (bicyclic) bond motifs is 1. The molecule has 5 rings (SSSR count). The lowest BCUT2D eigenvalue weighted by Gasteiger charge is -2.12. The number of anilines is 1. The molecule has 0 fully saturated rings. The number of nitrogens with one attached hydrogen (secondary N) is 1. The Morgan fingerprint density at radius 3 is 2.42 bits per heavy atom. The second-order valence-electron chi connectivity index (χ2n) is 7.90. The first-order valence-electron chi connectivity index (χ1n) is 10.5. The zero-order valence-electron chi connectivity index (χ0n) is 18.6. The first-order chi connectivity index (χ1) is 16.0. The van der Waals surface area contributed by atoms with Gasteiger partial charge < -0.3 is 10.1 Å². The number of rotatable bonds is 5. The summed E-state index contributed by atoms with van der Waals surface area (Å²) in [7, 11) is 3.55. The summed E-state index contributed by atoms with van der Waals surface area (Å²) < 4.78 is 9.09. The predicted octanol–water partition coefficient (Wildman–Crippen LogP) is 5.06. The number of benzene rings is 3. The molecule has 0 aliphatic carbocycles. The molecule has 0 atom stereocenters. The van der Waals surface area contributed by atoms with Crippen molar-refractivity contribution in [3.05, 3.63) is 79.4 Å². The molecule has 0 spiro atoms. The fourth-order valence-corrected chi connectivity index (χ4v) is 3.94. The number of hydrogen-bond acceptors (Lipinski definition) is 4. The van der Waals surface area contributed by atoms with Gasteiger partial charge in [-0.2, -0.15) is 5.10 Å². The maximum Gasteiger partial charge on any atom is 0.221 e. The number of hydrogen-bond donors (Lipinski definition) is 1. The molecule has 1 N–H and O–H groups in total. The molecule has 2 heterocycles. The van der Waals surface area contributed by atoms with Gasteiger partial charge in [0.05, 0.1) is 24.3 Å². The number of nitrogens with zero attached hydrogens (tertiary/aromatic N) is 4. The minimum atomic E-state index is -0.121. The molecule has 164 valence electrons. The van der Waals surface area contributed by atoms with Crippen molar-refractivity contribution in [2.75, 3.05) is 12.4 Å². The van der Waals surface area contributed by atoms with Crippen LogP contribution in [0.2, 0.25) is 0 Å². The smallest absolute Gasteiger partial charge is 0.221 e. The number of methoxy groups -OCH3 is 1. The normalized spacial score (nSPS) is 11.0. The van der Waals surface area contributed by atoms with Crippen LogP contribution in [0, 0.1) is 0 Å². The number of aromatic nitrogens is 4. The van der Waals surface area contributed by atoms with Gasteiger partial charge >= 0.3 is 0 Å². The van der Waals surface area contributed by atoms with Crippen molar-refractivity contribution < 1.29 is 9.53 Å². The van der Waals surface area contributed by atoms with E-state index in [2.05, 4.69) is 39.7 Å². The Kier molecular flexibility index (Phi) is 5.14. The molecule has 0 radical (unpaired) electrons. The van der Waals surface area contributed by atoms with E-state index in [1.54, 1.807) is 11.8 Å². The summed E-state index contributed by atoms with van der Waals surface area (Å²) in [6.45, 7) is 1.51. The SMILES string of the molecule is COc1ccc(-c2cc(NC(C)=O)cc(-n3cnc4cc(-c5cnn(C)c5)ccc43)c2)cc1.